The Morgan fingerprint density at radius 2 is 1.90 bits per heavy atom. The van der Waals surface area contributed by atoms with Gasteiger partial charge in [-0.1, -0.05) is 19.1 Å². The van der Waals surface area contributed by atoms with Gasteiger partial charge in [0.1, 0.15) is 0 Å². The number of hydrogen-bond acceptors (Lipinski definition) is 3. The Morgan fingerprint density at radius 1 is 1.29 bits per heavy atom. The second kappa shape index (κ2) is 6.90. The molecule has 2 rings (SSSR count). The van der Waals surface area contributed by atoms with Crippen LogP contribution in [-0.2, 0) is 16.4 Å². The zero-order valence-electron chi connectivity index (χ0n) is 13.2. The maximum absolute atomic E-state index is 12.5. The van der Waals surface area contributed by atoms with Crippen molar-refractivity contribution >= 4 is 10.0 Å². The highest BCUT2D eigenvalue weighted by atomic mass is 32.2. The van der Waals surface area contributed by atoms with E-state index < -0.39 is 10.0 Å². The van der Waals surface area contributed by atoms with Gasteiger partial charge in [0, 0.05) is 13.6 Å². The first-order valence-corrected chi connectivity index (χ1v) is 9.09. The minimum absolute atomic E-state index is 0.399. The lowest BCUT2D eigenvalue weighted by molar-refractivity contribution is 0.444. The number of benzene rings is 1. The molecule has 0 radical (unpaired) electrons. The van der Waals surface area contributed by atoms with Gasteiger partial charge in [-0.05, 0) is 62.4 Å². The number of sulfonamides is 1. The third kappa shape index (κ3) is 4.28. The summed E-state index contributed by atoms with van der Waals surface area (Å²) in [6, 6.07) is 7.32. The Kier molecular flexibility index (Phi) is 5.41. The lowest BCUT2D eigenvalue weighted by atomic mass is 10.1. The predicted octanol–water partition coefficient (Wildman–Crippen LogP) is 2.12. The Morgan fingerprint density at radius 3 is 2.43 bits per heavy atom. The summed E-state index contributed by atoms with van der Waals surface area (Å²) in [5, 5.41) is 3.11. The van der Waals surface area contributed by atoms with Crippen molar-refractivity contribution < 1.29 is 8.42 Å². The van der Waals surface area contributed by atoms with Crippen molar-refractivity contribution in [1.29, 1.82) is 0 Å². The fourth-order valence-corrected chi connectivity index (χ4v) is 3.79. The second-order valence-electron chi connectivity index (χ2n) is 6.11. The molecule has 0 spiro atoms. The molecule has 2 atom stereocenters. The van der Waals surface area contributed by atoms with Crippen LogP contribution in [0.1, 0.15) is 25.3 Å². The van der Waals surface area contributed by atoms with E-state index in [4.69, 9.17) is 0 Å². The number of aryl methyl sites for hydroxylation is 1. The van der Waals surface area contributed by atoms with Crippen molar-refractivity contribution in [2.75, 3.05) is 27.2 Å². The topological polar surface area (TPSA) is 49.4 Å². The standard InChI is InChI=1S/C16H26N2O2S/c1-13-11-15(13)12-18(3)21(19,20)16-8-6-14(7-9-16)5-4-10-17-2/h6-9,13,15,17H,4-5,10-12H2,1-3H3. The number of nitrogens with zero attached hydrogens (tertiary/aromatic N) is 1. The van der Waals surface area contributed by atoms with Crippen LogP contribution in [0, 0.1) is 11.8 Å². The molecule has 0 bridgehead atoms. The summed E-state index contributed by atoms with van der Waals surface area (Å²) < 4.78 is 26.5. The van der Waals surface area contributed by atoms with E-state index in [0.717, 1.165) is 25.8 Å². The molecule has 21 heavy (non-hydrogen) atoms. The summed E-state index contributed by atoms with van der Waals surface area (Å²) in [5.41, 5.74) is 1.18. The molecule has 0 aromatic heterocycles. The Bertz CT molecular complexity index is 554. The summed E-state index contributed by atoms with van der Waals surface area (Å²) in [7, 11) is 0.280. The molecule has 1 fully saturated rings. The van der Waals surface area contributed by atoms with E-state index in [1.165, 1.54) is 9.87 Å². The van der Waals surface area contributed by atoms with Crippen LogP contribution in [0.5, 0.6) is 0 Å². The first-order chi connectivity index (χ1) is 9.95. The monoisotopic (exact) mass is 310 g/mol. The van der Waals surface area contributed by atoms with Crippen LogP contribution >= 0.6 is 0 Å². The van der Waals surface area contributed by atoms with Crippen LogP contribution < -0.4 is 5.32 Å². The molecule has 1 N–H and O–H groups in total. The van der Waals surface area contributed by atoms with Crippen molar-refractivity contribution in [2.45, 2.75) is 31.1 Å². The minimum atomic E-state index is -3.34. The van der Waals surface area contributed by atoms with Crippen LogP contribution in [0.25, 0.3) is 0 Å². The quantitative estimate of drug-likeness (QED) is 0.748. The minimum Gasteiger partial charge on any atom is -0.320 e. The number of rotatable bonds is 8. The van der Waals surface area contributed by atoms with Gasteiger partial charge < -0.3 is 5.32 Å². The molecule has 4 nitrogen and oxygen atoms in total. The molecule has 118 valence electrons. The summed E-state index contributed by atoms with van der Waals surface area (Å²) in [5.74, 6) is 1.20. The molecule has 0 aliphatic heterocycles. The van der Waals surface area contributed by atoms with Crippen molar-refractivity contribution in [3.8, 4) is 0 Å². The van der Waals surface area contributed by atoms with Gasteiger partial charge in [0.2, 0.25) is 10.0 Å². The highest BCUT2D eigenvalue weighted by Gasteiger charge is 2.36. The van der Waals surface area contributed by atoms with Crippen molar-refractivity contribution in [3.63, 3.8) is 0 Å². The van der Waals surface area contributed by atoms with Gasteiger partial charge in [-0.25, -0.2) is 12.7 Å². The van der Waals surface area contributed by atoms with Crippen LogP contribution in [0.3, 0.4) is 0 Å². The molecule has 2 unspecified atom stereocenters. The van der Waals surface area contributed by atoms with Gasteiger partial charge in [0.15, 0.2) is 0 Å². The highest BCUT2D eigenvalue weighted by Crippen LogP contribution is 2.38. The zero-order valence-corrected chi connectivity index (χ0v) is 14.0. The molecule has 5 heteroatoms. The van der Waals surface area contributed by atoms with Crippen LogP contribution in [0.15, 0.2) is 29.2 Å². The molecule has 1 saturated carbocycles. The van der Waals surface area contributed by atoms with E-state index in [2.05, 4.69) is 12.2 Å². The van der Waals surface area contributed by atoms with E-state index in [1.54, 1.807) is 19.2 Å². The number of hydrogen-bond donors (Lipinski definition) is 1. The average molecular weight is 310 g/mol. The van der Waals surface area contributed by atoms with Crippen LogP contribution in [0.4, 0.5) is 0 Å². The molecule has 0 heterocycles. The lowest BCUT2D eigenvalue weighted by Crippen LogP contribution is -2.29. The van der Waals surface area contributed by atoms with Gasteiger partial charge in [-0.2, -0.15) is 0 Å². The Hall–Kier alpha value is -0.910. The van der Waals surface area contributed by atoms with E-state index >= 15 is 0 Å². The molecule has 1 aromatic rings. The van der Waals surface area contributed by atoms with Crippen LogP contribution in [-0.4, -0.2) is 39.9 Å². The smallest absolute Gasteiger partial charge is 0.242 e. The summed E-state index contributed by atoms with van der Waals surface area (Å²) in [6.07, 6.45) is 3.17. The summed E-state index contributed by atoms with van der Waals surface area (Å²) >= 11 is 0. The third-order valence-electron chi connectivity index (χ3n) is 4.29. The molecular weight excluding hydrogens is 284 g/mol. The molecule has 1 aliphatic rings. The molecular formula is C16H26N2O2S. The Labute approximate surface area is 128 Å². The normalized spacial score (nSPS) is 21.7. The highest BCUT2D eigenvalue weighted by molar-refractivity contribution is 7.89. The van der Waals surface area contributed by atoms with Gasteiger partial charge in [-0.3, -0.25) is 0 Å². The molecule has 0 saturated heterocycles. The molecule has 0 amide bonds. The van der Waals surface area contributed by atoms with E-state index in [9.17, 15) is 8.42 Å². The van der Waals surface area contributed by atoms with Crippen molar-refractivity contribution in [3.05, 3.63) is 29.8 Å². The van der Waals surface area contributed by atoms with E-state index in [1.807, 2.05) is 19.2 Å². The average Bonchev–Trinajstić information content (AvgIpc) is 3.15. The fraction of sp³-hybridized carbons (Fsp3) is 0.625. The van der Waals surface area contributed by atoms with E-state index in [-0.39, 0.29) is 0 Å². The molecule has 1 aromatic carbocycles. The fourth-order valence-electron chi connectivity index (χ4n) is 2.56. The van der Waals surface area contributed by atoms with Gasteiger partial charge in [0.05, 0.1) is 4.90 Å². The first-order valence-electron chi connectivity index (χ1n) is 7.65. The predicted molar refractivity (Wildman–Crippen MR) is 85.8 cm³/mol. The van der Waals surface area contributed by atoms with E-state index in [0.29, 0.717) is 23.3 Å². The zero-order chi connectivity index (χ0) is 15.5. The first kappa shape index (κ1) is 16.5. The summed E-state index contributed by atoms with van der Waals surface area (Å²) in [4.78, 5) is 0.399. The maximum Gasteiger partial charge on any atom is 0.242 e. The lowest BCUT2D eigenvalue weighted by Gasteiger charge is -2.17. The Balaban J connectivity index is 1.99. The SMILES string of the molecule is CNCCCc1ccc(S(=O)(=O)N(C)CC2CC2C)cc1. The van der Waals surface area contributed by atoms with Crippen molar-refractivity contribution in [2.24, 2.45) is 11.8 Å². The maximum atomic E-state index is 12.5. The number of nitrogens with one attached hydrogen (secondary N) is 1. The molecule has 1 aliphatic carbocycles. The summed E-state index contributed by atoms with van der Waals surface area (Å²) in [6.45, 7) is 3.78. The largest absolute Gasteiger partial charge is 0.320 e. The van der Waals surface area contributed by atoms with Gasteiger partial charge >= 0.3 is 0 Å². The second-order valence-corrected chi connectivity index (χ2v) is 8.15. The third-order valence-corrected chi connectivity index (χ3v) is 6.13. The van der Waals surface area contributed by atoms with Gasteiger partial charge in [0.25, 0.3) is 0 Å². The van der Waals surface area contributed by atoms with Crippen molar-refractivity contribution in [1.82, 2.24) is 9.62 Å². The van der Waals surface area contributed by atoms with Crippen LogP contribution in [0.2, 0.25) is 0 Å². The van der Waals surface area contributed by atoms with Gasteiger partial charge in [-0.15, -0.1) is 0 Å².